The molecule has 11 heteroatoms. The second kappa shape index (κ2) is 12.0. The Morgan fingerprint density at radius 1 is 1.03 bits per heavy atom. The van der Waals surface area contributed by atoms with Gasteiger partial charge in [-0.2, -0.15) is 5.10 Å². The van der Waals surface area contributed by atoms with Crippen LogP contribution >= 0.6 is 0 Å². The van der Waals surface area contributed by atoms with E-state index in [0.29, 0.717) is 29.4 Å². The van der Waals surface area contributed by atoms with Gasteiger partial charge in [0.05, 0.1) is 25.6 Å². The maximum Gasteiger partial charge on any atom is 0.373 e. The highest BCUT2D eigenvalue weighted by Crippen LogP contribution is 2.29. The summed E-state index contributed by atoms with van der Waals surface area (Å²) >= 11 is 0. The molecule has 182 valence electrons. The largest absolute Gasteiger partial charge is 0.490 e. The summed E-state index contributed by atoms with van der Waals surface area (Å²) in [5.74, 6) is -2.11. The lowest BCUT2D eigenvalue weighted by Gasteiger charge is -2.11. The number of furan rings is 1. The number of ether oxygens (including phenoxy) is 3. The number of esters is 1. The minimum atomic E-state index is -1.07. The molecule has 0 aliphatic heterocycles. The van der Waals surface area contributed by atoms with Crippen LogP contribution in [0.5, 0.6) is 11.5 Å². The zero-order valence-corrected chi connectivity index (χ0v) is 18.9. The summed E-state index contributed by atoms with van der Waals surface area (Å²) in [4.78, 5) is 35.3. The molecule has 3 rings (SSSR count). The van der Waals surface area contributed by atoms with E-state index >= 15 is 0 Å². The van der Waals surface area contributed by atoms with Crippen molar-refractivity contribution in [3.63, 3.8) is 0 Å². The molecule has 0 saturated carbocycles. The third-order valence-electron chi connectivity index (χ3n) is 4.39. The first kappa shape index (κ1) is 25.0. The molecule has 0 saturated heterocycles. The SMILES string of the molecule is CCOc1cc(C=NNC(=O)C(=O)Nc2ccccc2F)ccc1OCc1ccc(C(=O)OC)o1. The summed E-state index contributed by atoms with van der Waals surface area (Å²) in [6.07, 6.45) is 1.30. The van der Waals surface area contributed by atoms with Crippen LogP contribution in [0.2, 0.25) is 0 Å². The van der Waals surface area contributed by atoms with Crippen molar-refractivity contribution in [2.75, 3.05) is 19.0 Å². The number of benzene rings is 2. The van der Waals surface area contributed by atoms with Crippen molar-refractivity contribution in [2.45, 2.75) is 13.5 Å². The number of para-hydroxylation sites is 1. The number of carbonyl (C=O) groups is 3. The van der Waals surface area contributed by atoms with Gasteiger partial charge < -0.3 is 23.9 Å². The number of methoxy groups -OCH3 is 1. The van der Waals surface area contributed by atoms with Crippen LogP contribution in [0.3, 0.4) is 0 Å². The van der Waals surface area contributed by atoms with Gasteiger partial charge in [0.15, 0.2) is 11.5 Å². The van der Waals surface area contributed by atoms with Gasteiger partial charge in [-0.05, 0) is 55.0 Å². The smallest absolute Gasteiger partial charge is 0.373 e. The van der Waals surface area contributed by atoms with Gasteiger partial charge in [-0.15, -0.1) is 0 Å². The molecule has 2 N–H and O–H groups in total. The van der Waals surface area contributed by atoms with Gasteiger partial charge in [-0.3, -0.25) is 9.59 Å². The summed E-state index contributed by atoms with van der Waals surface area (Å²) in [5.41, 5.74) is 2.50. The van der Waals surface area contributed by atoms with E-state index in [1.807, 2.05) is 0 Å². The van der Waals surface area contributed by atoms with Crippen molar-refractivity contribution in [2.24, 2.45) is 5.10 Å². The summed E-state index contributed by atoms with van der Waals surface area (Å²) in [5, 5.41) is 5.90. The van der Waals surface area contributed by atoms with E-state index in [4.69, 9.17) is 13.9 Å². The lowest BCUT2D eigenvalue weighted by atomic mass is 10.2. The number of hydrogen-bond acceptors (Lipinski definition) is 8. The molecule has 2 amide bonds. The van der Waals surface area contributed by atoms with Crippen molar-refractivity contribution < 1.29 is 37.4 Å². The fourth-order valence-corrected chi connectivity index (χ4v) is 2.77. The Hall–Kier alpha value is -4.67. The van der Waals surface area contributed by atoms with Gasteiger partial charge in [-0.1, -0.05) is 12.1 Å². The molecule has 3 aromatic rings. The molecule has 0 fully saturated rings. The summed E-state index contributed by atoms with van der Waals surface area (Å²) in [7, 11) is 1.26. The summed E-state index contributed by atoms with van der Waals surface area (Å²) in [6, 6.07) is 13.4. The van der Waals surface area contributed by atoms with Crippen LogP contribution in [-0.4, -0.2) is 37.7 Å². The van der Waals surface area contributed by atoms with Crippen molar-refractivity contribution in [1.29, 1.82) is 0 Å². The van der Waals surface area contributed by atoms with E-state index < -0.39 is 23.6 Å². The monoisotopic (exact) mass is 483 g/mol. The molecule has 0 aliphatic rings. The van der Waals surface area contributed by atoms with E-state index in [1.165, 1.54) is 37.6 Å². The van der Waals surface area contributed by atoms with Crippen LogP contribution in [0.1, 0.15) is 28.8 Å². The lowest BCUT2D eigenvalue weighted by Crippen LogP contribution is -2.32. The first-order chi connectivity index (χ1) is 16.9. The number of halogens is 1. The predicted octanol–water partition coefficient (Wildman–Crippen LogP) is 3.27. The minimum absolute atomic E-state index is 0.0394. The first-order valence-electron chi connectivity index (χ1n) is 10.4. The second-order valence-corrected chi connectivity index (χ2v) is 6.82. The van der Waals surface area contributed by atoms with Gasteiger partial charge in [0.2, 0.25) is 5.76 Å². The van der Waals surface area contributed by atoms with Gasteiger partial charge in [0, 0.05) is 0 Å². The Morgan fingerprint density at radius 2 is 1.83 bits per heavy atom. The molecule has 0 aliphatic carbocycles. The molecule has 0 spiro atoms. The normalized spacial score (nSPS) is 10.6. The molecule has 0 radical (unpaired) electrons. The molecule has 1 heterocycles. The van der Waals surface area contributed by atoms with Crippen LogP contribution in [-0.2, 0) is 20.9 Å². The van der Waals surface area contributed by atoms with Gasteiger partial charge in [-0.25, -0.2) is 14.6 Å². The fourth-order valence-electron chi connectivity index (χ4n) is 2.77. The zero-order chi connectivity index (χ0) is 25.2. The standard InChI is InChI=1S/C24H22FN3O7/c1-3-33-21-12-15(8-10-19(21)34-14-16-9-11-20(35-16)24(31)32-2)13-26-28-23(30)22(29)27-18-7-5-4-6-17(18)25/h4-13H,3,14H2,1-2H3,(H,27,29)(H,28,30). The third-order valence-corrected chi connectivity index (χ3v) is 4.39. The van der Waals surface area contributed by atoms with E-state index in [0.717, 1.165) is 6.07 Å². The number of rotatable bonds is 9. The Labute approximate surface area is 199 Å². The first-order valence-corrected chi connectivity index (χ1v) is 10.4. The molecule has 10 nitrogen and oxygen atoms in total. The second-order valence-electron chi connectivity index (χ2n) is 6.82. The molecule has 2 aromatic carbocycles. The average Bonchev–Trinajstić information content (AvgIpc) is 3.33. The highest BCUT2D eigenvalue weighted by molar-refractivity contribution is 6.39. The van der Waals surface area contributed by atoms with E-state index in [9.17, 15) is 18.8 Å². The van der Waals surface area contributed by atoms with Gasteiger partial charge in [0.25, 0.3) is 0 Å². The molecule has 1 aromatic heterocycles. The highest BCUT2D eigenvalue weighted by atomic mass is 19.1. The quantitative estimate of drug-likeness (QED) is 0.207. The van der Waals surface area contributed by atoms with E-state index in [2.05, 4.69) is 20.6 Å². The maximum absolute atomic E-state index is 13.6. The van der Waals surface area contributed by atoms with Crippen molar-refractivity contribution in [1.82, 2.24) is 5.43 Å². The minimum Gasteiger partial charge on any atom is -0.490 e. The Bertz CT molecular complexity index is 1240. The molecular weight excluding hydrogens is 461 g/mol. The number of amides is 2. The van der Waals surface area contributed by atoms with Crippen molar-refractivity contribution >= 4 is 29.7 Å². The lowest BCUT2D eigenvalue weighted by molar-refractivity contribution is -0.136. The fraction of sp³-hybridized carbons (Fsp3) is 0.167. The van der Waals surface area contributed by atoms with Crippen molar-refractivity contribution in [3.8, 4) is 11.5 Å². The van der Waals surface area contributed by atoms with Crippen LogP contribution in [0.15, 0.2) is 64.1 Å². The molecule has 0 unspecified atom stereocenters. The zero-order valence-electron chi connectivity index (χ0n) is 18.9. The predicted molar refractivity (Wildman–Crippen MR) is 123 cm³/mol. The number of carbonyl (C=O) groups excluding carboxylic acids is 3. The Kier molecular flexibility index (Phi) is 8.54. The molecular formula is C24H22FN3O7. The van der Waals surface area contributed by atoms with Crippen LogP contribution < -0.4 is 20.2 Å². The van der Waals surface area contributed by atoms with Crippen LogP contribution in [0.25, 0.3) is 0 Å². The van der Waals surface area contributed by atoms with Crippen LogP contribution in [0.4, 0.5) is 10.1 Å². The van der Waals surface area contributed by atoms with Gasteiger partial charge in [0.1, 0.15) is 18.2 Å². The van der Waals surface area contributed by atoms with E-state index in [1.54, 1.807) is 31.2 Å². The third kappa shape index (κ3) is 6.90. The topological polar surface area (TPSA) is 128 Å². The molecule has 35 heavy (non-hydrogen) atoms. The number of hydrazone groups is 1. The highest BCUT2D eigenvalue weighted by Gasteiger charge is 2.15. The number of nitrogens with one attached hydrogen (secondary N) is 2. The molecule has 0 bridgehead atoms. The summed E-state index contributed by atoms with van der Waals surface area (Å²) in [6.45, 7) is 2.20. The number of hydrogen-bond donors (Lipinski definition) is 2. The van der Waals surface area contributed by atoms with Crippen molar-refractivity contribution in [3.05, 3.63) is 77.5 Å². The Balaban J connectivity index is 1.59. The molecule has 0 atom stereocenters. The van der Waals surface area contributed by atoms with Crippen LogP contribution in [0, 0.1) is 5.82 Å². The van der Waals surface area contributed by atoms with E-state index in [-0.39, 0.29) is 18.1 Å². The Morgan fingerprint density at radius 3 is 2.57 bits per heavy atom. The summed E-state index contributed by atoms with van der Waals surface area (Å²) < 4.78 is 34.9. The maximum atomic E-state index is 13.6. The van der Waals surface area contributed by atoms with Gasteiger partial charge >= 0.3 is 17.8 Å². The average molecular weight is 483 g/mol. The number of nitrogens with zero attached hydrogens (tertiary/aromatic N) is 1. The number of anilines is 1.